The van der Waals surface area contributed by atoms with Crippen molar-refractivity contribution in [2.45, 2.75) is 52.0 Å². The number of nitrogen functional groups attached to an aromatic ring is 1. The Morgan fingerprint density at radius 1 is 1.28 bits per heavy atom. The first-order chi connectivity index (χ1) is 15.5. The molecule has 0 bridgehead atoms. The molecule has 4 heterocycles. The minimum Gasteiger partial charge on any atom is -0.382 e. The summed E-state index contributed by atoms with van der Waals surface area (Å²) in [5, 5.41) is 8.09. The normalized spacial score (nSPS) is 17.0. The van der Waals surface area contributed by atoms with Crippen LogP contribution >= 0.6 is 0 Å². The van der Waals surface area contributed by atoms with Crippen LogP contribution in [0, 0.1) is 0 Å². The summed E-state index contributed by atoms with van der Waals surface area (Å²) in [7, 11) is 0. The molecule has 0 spiro atoms. The highest BCUT2D eigenvalue weighted by atomic mass is 16.2. The summed E-state index contributed by atoms with van der Waals surface area (Å²) in [5.74, 6) is 1.84. The van der Waals surface area contributed by atoms with Crippen LogP contribution < -0.4 is 5.73 Å². The number of piperidine rings is 1. The first-order valence-corrected chi connectivity index (χ1v) is 11.4. The highest BCUT2D eigenvalue weighted by Crippen LogP contribution is 2.37. The van der Waals surface area contributed by atoms with Crippen LogP contribution in [0.15, 0.2) is 30.5 Å². The molecule has 0 radical (unpaired) electrons. The number of likely N-dealkylation sites (tertiary alicyclic amines) is 1. The molecule has 5 rings (SSSR count). The topological polar surface area (TPSA) is 106 Å². The van der Waals surface area contributed by atoms with Crippen LogP contribution in [0.3, 0.4) is 0 Å². The molecule has 1 aromatic carbocycles. The predicted molar refractivity (Wildman–Crippen MR) is 126 cm³/mol. The molecule has 8 heteroatoms. The van der Waals surface area contributed by atoms with Crippen molar-refractivity contribution in [3.05, 3.63) is 36.3 Å². The quantitative estimate of drug-likeness (QED) is 0.502. The van der Waals surface area contributed by atoms with Gasteiger partial charge in [-0.15, -0.1) is 0 Å². The summed E-state index contributed by atoms with van der Waals surface area (Å²) in [4.78, 5) is 24.0. The Kier molecular flexibility index (Phi) is 5.07. The van der Waals surface area contributed by atoms with Crippen LogP contribution in [-0.2, 0) is 4.79 Å². The van der Waals surface area contributed by atoms with Gasteiger partial charge in [-0.1, -0.05) is 13.0 Å². The number of anilines is 1. The molecule has 3 N–H and O–H groups in total. The minimum absolute atomic E-state index is 0.188. The maximum absolute atomic E-state index is 12.4. The molecule has 8 nitrogen and oxygen atoms in total. The molecule has 0 aliphatic carbocycles. The highest BCUT2D eigenvalue weighted by Gasteiger charge is 2.30. The number of aromatic amines is 1. The summed E-state index contributed by atoms with van der Waals surface area (Å²) >= 11 is 0. The van der Waals surface area contributed by atoms with E-state index in [4.69, 9.17) is 15.7 Å². The molecule has 1 atom stereocenters. The fourth-order valence-corrected chi connectivity index (χ4v) is 4.93. The molecule has 1 aliphatic rings. The number of fused-ring (bicyclic) bond motifs is 3. The van der Waals surface area contributed by atoms with E-state index in [2.05, 4.69) is 40.7 Å². The van der Waals surface area contributed by atoms with E-state index in [0.717, 1.165) is 58.4 Å². The van der Waals surface area contributed by atoms with Crippen molar-refractivity contribution in [1.29, 1.82) is 0 Å². The lowest BCUT2D eigenvalue weighted by atomic mass is 9.96. The first-order valence-electron chi connectivity index (χ1n) is 11.4. The van der Waals surface area contributed by atoms with E-state index < -0.39 is 0 Å². The monoisotopic (exact) mass is 431 g/mol. The molecule has 0 saturated carbocycles. The molecule has 166 valence electrons. The lowest BCUT2D eigenvalue weighted by Crippen LogP contribution is -2.39. The Morgan fingerprint density at radius 3 is 2.84 bits per heavy atom. The lowest BCUT2D eigenvalue weighted by molar-refractivity contribution is -0.132. The Hall–Kier alpha value is -3.42. The van der Waals surface area contributed by atoms with Gasteiger partial charge in [0.25, 0.3) is 0 Å². The zero-order valence-corrected chi connectivity index (χ0v) is 18.8. The van der Waals surface area contributed by atoms with Crippen LogP contribution in [0.5, 0.6) is 0 Å². The smallest absolute Gasteiger partial charge is 0.222 e. The molecule has 1 amide bonds. The number of nitrogens with zero attached hydrogens (tertiary/aromatic N) is 5. The number of nitrogens with two attached hydrogens (primary N) is 1. The Bertz CT molecular complexity index is 1290. The van der Waals surface area contributed by atoms with Crippen molar-refractivity contribution in [1.82, 2.24) is 29.6 Å². The van der Waals surface area contributed by atoms with Crippen LogP contribution in [0.25, 0.3) is 33.2 Å². The Balaban J connectivity index is 1.68. The Morgan fingerprint density at radius 2 is 2.12 bits per heavy atom. The zero-order chi connectivity index (χ0) is 22.4. The number of amides is 1. The molecule has 4 aromatic rings. The first kappa shape index (κ1) is 20.5. The molecule has 1 saturated heterocycles. The Labute approximate surface area is 186 Å². The number of imidazole rings is 1. The van der Waals surface area contributed by atoms with Crippen molar-refractivity contribution < 1.29 is 4.79 Å². The van der Waals surface area contributed by atoms with Crippen molar-refractivity contribution in [3.63, 3.8) is 0 Å². The van der Waals surface area contributed by atoms with Gasteiger partial charge in [-0.3, -0.25) is 9.89 Å². The lowest BCUT2D eigenvalue weighted by Gasteiger charge is -2.33. The average Bonchev–Trinajstić information content (AvgIpc) is 3.47. The molecular weight excluding hydrogens is 402 g/mol. The second-order valence-electron chi connectivity index (χ2n) is 8.86. The fraction of sp³-hybridized carbons (Fsp3) is 0.417. The van der Waals surface area contributed by atoms with Crippen molar-refractivity contribution in [3.8, 4) is 11.3 Å². The van der Waals surface area contributed by atoms with Gasteiger partial charge in [0.05, 0.1) is 16.7 Å². The number of carbonyl (C=O) groups is 1. The van der Waals surface area contributed by atoms with Gasteiger partial charge in [0.2, 0.25) is 5.91 Å². The third kappa shape index (κ3) is 3.30. The maximum atomic E-state index is 12.4. The van der Waals surface area contributed by atoms with Crippen LogP contribution in [-0.4, -0.2) is 48.6 Å². The molecule has 3 aromatic heterocycles. The van der Waals surface area contributed by atoms with Gasteiger partial charge in [0.15, 0.2) is 5.82 Å². The van der Waals surface area contributed by atoms with Gasteiger partial charge in [0, 0.05) is 48.6 Å². The SMILES string of the molecule is CCC(=O)N1CCC[C@H](c2nc3c(N)nc4cc(-c5ccn[nH]5)ccc4c3n2C(C)C)C1. The summed E-state index contributed by atoms with van der Waals surface area (Å²) in [5.41, 5.74) is 11.0. The second kappa shape index (κ2) is 7.93. The van der Waals surface area contributed by atoms with Gasteiger partial charge in [-0.2, -0.15) is 5.10 Å². The fourth-order valence-electron chi connectivity index (χ4n) is 4.93. The summed E-state index contributed by atoms with van der Waals surface area (Å²) in [6.45, 7) is 7.80. The van der Waals surface area contributed by atoms with Crippen LogP contribution in [0.4, 0.5) is 5.82 Å². The third-order valence-corrected chi connectivity index (χ3v) is 6.44. The number of hydrogen-bond acceptors (Lipinski definition) is 5. The molecule has 32 heavy (non-hydrogen) atoms. The van der Waals surface area contributed by atoms with Gasteiger partial charge < -0.3 is 15.2 Å². The second-order valence-corrected chi connectivity index (χ2v) is 8.86. The third-order valence-electron chi connectivity index (χ3n) is 6.44. The van der Waals surface area contributed by atoms with E-state index in [-0.39, 0.29) is 17.9 Å². The average molecular weight is 432 g/mol. The molecule has 1 aliphatic heterocycles. The van der Waals surface area contributed by atoms with E-state index in [0.29, 0.717) is 18.8 Å². The molecular formula is C24H29N7O. The number of aromatic nitrogens is 5. The molecule has 0 unspecified atom stereocenters. The standard InChI is InChI=1S/C24H29N7O/c1-4-20(32)30-11-5-6-16(13-30)24-28-21-22(31(24)14(2)3)17-8-7-15(18-9-10-26-29-18)12-19(17)27-23(21)25/h7-10,12,14,16H,4-6,11,13H2,1-3H3,(H2,25,27)(H,26,29)/t16-/m0/s1. The zero-order valence-electron chi connectivity index (χ0n) is 18.8. The van der Waals surface area contributed by atoms with Crippen molar-refractivity contribution >= 4 is 33.7 Å². The minimum atomic E-state index is 0.188. The molecule has 1 fully saturated rings. The number of pyridine rings is 1. The van der Waals surface area contributed by atoms with E-state index in [1.165, 1.54) is 0 Å². The van der Waals surface area contributed by atoms with Crippen molar-refractivity contribution in [2.75, 3.05) is 18.8 Å². The van der Waals surface area contributed by atoms with Crippen molar-refractivity contribution in [2.24, 2.45) is 0 Å². The number of rotatable bonds is 4. The maximum Gasteiger partial charge on any atom is 0.222 e. The largest absolute Gasteiger partial charge is 0.382 e. The predicted octanol–water partition coefficient (Wildman–Crippen LogP) is 4.25. The summed E-state index contributed by atoms with van der Waals surface area (Å²) < 4.78 is 2.30. The van der Waals surface area contributed by atoms with Gasteiger partial charge >= 0.3 is 0 Å². The van der Waals surface area contributed by atoms with E-state index >= 15 is 0 Å². The van der Waals surface area contributed by atoms with Crippen LogP contribution in [0.2, 0.25) is 0 Å². The highest BCUT2D eigenvalue weighted by molar-refractivity contribution is 6.07. The number of H-pyrrole nitrogens is 1. The number of carbonyl (C=O) groups excluding carboxylic acids is 1. The van der Waals surface area contributed by atoms with Gasteiger partial charge in [0.1, 0.15) is 11.3 Å². The van der Waals surface area contributed by atoms with E-state index in [1.807, 2.05) is 24.0 Å². The summed E-state index contributed by atoms with van der Waals surface area (Å²) in [6.07, 6.45) is 4.27. The number of benzene rings is 1. The van der Waals surface area contributed by atoms with Crippen LogP contribution in [0.1, 0.15) is 57.8 Å². The summed E-state index contributed by atoms with van der Waals surface area (Å²) in [6, 6.07) is 8.35. The van der Waals surface area contributed by atoms with Gasteiger partial charge in [-0.25, -0.2) is 9.97 Å². The van der Waals surface area contributed by atoms with E-state index in [9.17, 15) is 4.79 Å². The number of hydrogen-bond donors (Lipinski definition) is 2. The van der Waals surface area contributed by atoms with E-state index in [1.54, 1.807) is 6.20 Å². The number of nitrogens with one attached hydrogen (secondary N) is 1. The van der Waals surface area contributed by atoms with Gasteiger partial charge in [-0.05, 0) is 44.9 Å².